The van der Waals surface area contributed by atoms with Gasteiger partial charge in [-0.05, 0) is 24.6 Å². The summed E-state index contributed by atoms with van der Waals surface area (Å²) < 4.78 is 12.7. The minimum atomic E-state index is -0.519. The highest BCUT2D eigenvalue weighted by Crippen LogP contribution is 2.18. The van der Waals surface area contributed by atoms with Crippen molar-refractivity contribution in [3.05, 3.63) is 34.1 Å². The third kappa shape index (κ3) is 1.50. The molecule has 0 N–H and O–H groups in total. The van der Waals surface area contributed by atoms with Crippen LogP contribution >= 0.6 is 11.6 Å². The van der Waals surface area contributed by atoms with E-state index in [1.807, 2.05) is 0 Å². The summed E-state index contributed by atoms with van der Waals surface area (Å²) in [4.78, 5) is 0. The molecule has 0 amide bonds. The maximum absolute atomic E-state index is 12.7. The molecule has 0 bridgehead atoms. The Morgan fingerprint density at radius 2 is 2.18 bits per heavy atom. The van der Waals surface area contributed by atoms with Crippen LogP contribution in [0.15, 0.2) is 12.1 Å². The highest BCUT2D eigenvalue weighted by Gasteiger charge is 2.03. The van der Waals surface area contributed by atoms with Crippen LogP contribution in [0.2, 0.25) is 5.02 Å². The van der Waals surface area contributed by atoms with Gasteiger partial charge in [0.15, 0.2) is 0 Å². The van der Waals surface area contributed by atoms with Crippen LogP contribution < -0.4 is 0 Å². The van der Waals surface area contributed by atoms with E-state index in [0.717, 1.165) is 0 Å². The summed E-state index contributed by atoms with van der Waals surface area (Å²) in [5, 5.41) is 8.80. The van der Waals surface area contributed by atoms with Crippen molar-refractivity contribution in [3.63, 3.8) is 0 Å². The zero-order valence-corrected chi connectivity index (χ0v) is 6.61. The lowest BCUT2D eigenvalue weighted by molar-refractivity contribution is 0.623. The molecule has 3 heteroatoms. The molecule has 0 unspecified atom stereocenters. The van der Waals surface area contributed by atoms with Crippen LogP contribution in [0.3, 0.4) is 0 Å². The predicted molar refractivity (Wildman–Crippen MR) is 40.9 cm³/mol. The van der Waals surface area contributed by atoms with Gasteiger partial charge in [-0.15, -0.1) is 0 Å². The molecular formula is C8H5ClFN. The standard InChI is InChI=1S/C8H5ClFN/c1-5-2-8(10)6(4-11)3-7(5)9/h2-3H,1H3. The molecule has 1 aromatic carbocycles. The second-order valence-corrected chi connectivity index (χ2v) is 2.60. The first kappa shape index (κ1) is 8.03. The third-order valence-corrected chi connectivity index (χ3v) is 1.78. The second-order valence-electron chi connectivity index (χ2n) is 2.19. The Kier molecular flexibility index (Phi) is 2.11. The van der Waals surface area contributed by atoms with E-state index >= 15 is 0 Å². The van der Waals surface area contributed by atoms with Crippen molar-refractivity contribution in [2.45, 2.75) is 6.92 Å². The minimum absolute atomic E-state index is 0.0133. The van der Waals surface area contributed by atoms with Crippen LogP contribution in [0.1, 0.15) is 11.1 Å². The van der Waals surface area contributed by atoms with Crippen molar-refractivity contribution in [1.29, 1.82) is 5.26 Å². The van der Waals surface area contributed by atoms with Gasteiger partial charge < -0.3 is 0 Å². The fourth-order valence-electron chi connectivity index (χ4n) is 0.732. The number of nitriles is 1. The maximum atomic E-state index is 12.7. The minimum Gasteiger partial charge on any atom is -0.206 e. The molecule has 0 fully saturated rings. The molecule has 11 heavy (non-hydrogen) atoms. The molecule has 1 rings (SSSR count). The van der Waals surface area contributed by atoms with Gasteiger partial charge in [0.25, 0.3) is 0 Å². The first-order valence-electron chi connectivity index (χ1n) is 3.01. The summed E-state index contributed by atoms with van der Waals surface area (Å²) >= 11 is 5.65. The largest absolute Gasteiger partial charge is 0.206 e. The predicted octanol–water partition coefficient (Wildman–Crippen LogP) is 2.66. The van der Waals surface area contributed by atoms with Crippen molar-refractivity contribution in [3.8, 4) is 6.07 Å². The molecule has 0 saturated carbocycles. The van der Waals surface area contributed by atoms with Gasteiger partial charge in [-0.25, -0.2) is 4.39 Å². The summed E-state index contributed by atoms with van der Waals surface area (Å²) in [6.07, 6.45) is 0. The zero-order chi connectivity index (χ0) is 8.43. The molecule has 0 aliphatic carbocycles. The summed E-state index contributed by atoms with van der Waals surface area (Å²) in [5.41, 5.74) is 0.628. The van der Waals surface area contributed by atoms with Crippen LogP contribution in [0.5, 0.6) is 0 Å². The van der Waals surface area contributed by atoms with Gasteiger partial charge in [0, 0.05) is 5.02 Å². The Labute approximate surface area is 69.0 Å². The first-order chi connectivity index (χ1) is 5.15. The molecule has 1 nitrogen and oxygen atoms in total. The molecule has 1 aromatic rings. The number of rotatable bonds is 0. The lowest BCUT2D eigenvalue weighted by Gasteiger charge is -1.97. The van der Waals surface area contributed by atoms with Crippen molar-refractivity contribution in [2.75, 3.05) is 0 Å². The molecule has 0 spiro atoms. The van der Waals surface area contributed by atoms with E-state index in [1.54, 1.807) is 13.0 Å². The number of benzene rings is 1. The number of aryl methyl sites for hydroxylation is 1. The Balaban J connectivity index is 3.35. The van der Waals surface area contributed by atoms with E-state index in [2.05, 4.69) is 0 Å². The van der Waals surface area contributed by atoms with Gasteiger partial charge in [-0.1, -0.05) is 11.6 Å². The van der Waals surface area contributed by atoms with Crippen molar-refractivity contribution in [2.24, 2.45) is 0 Å². The second kappa shape index (κ2) is 2.89. The Bertz CT molecular complexity index is 328. The van der Waals surface area contributed by atoms with E-state index < -0.39 is 5.82 Å². The van der Waals surface area contributed by atoms with Gasteiger partial charge in [-0.3, -0.25) is 0 Å². The topological polar surface area (TPSA) is 23.8 Å². The number of halogens is 2. The lowest BCUT2D eigenvalue weighted by Crippen LogP contribution is -1.85. The van der Waals surface area contributed by atoms with E-state index in [0.29, 0.717) is 10.6 Å². The number of hydrogen-bond acceptors (Lipinski definition) is 1. The SMILES string of the molecule is Cc1cc(F)c(C#N)cc1Cl. The summed E-state index contributed by atoms with van der Waals surface area (Å²) in [6.45, 7) is 1.69. The molecular weight excluding hydrogens is 165 g/mol. The van der Waals surface area contributed by atoms with Gasteiger partial charge in [0.1, 0.15) is 11.9 Å². The molecule has 56 valence electrons. The quantitative estimate of drug-likeness (QED) is 0.586. The first-order valence-corrected chi connectivity index (χ1v) is 3.38. The summed E-state index contributed by atoms with van der Waals surface area (Å²) in [5.74, 6) is -0.519. The molecule has 0 aromatic heterocycles. The molecule has 0 radical (unpaired) electrons. The monoisotopic (exact) mass is 169 g/mol. The average Bonchev–Trinajstić information content (AvgIpc) is 1.97. The van der Waals surface area contributed by atoms with E-state index in [1.165, 1.54) is 12.1 Å². The van der Waals surface area contributed by atoms with Crippen molar-refractivity contribution >= 4 is 11.6 Å². The Morgan fingerprint density at radius 1 is 1.55 bits per heavy atom. The summed E-state index contributed by atoms with van der Waals surface area (Å²) in [6, 6.07) is 4.28. The third-order valence-electron chi connectivity index (χ3n) is 1.37. The molecule has 0 heterocycles. The molecule has 0 aliphatic rings. The van der Waals surface area contributed by atoms with Gasteiger partial charge in [0.2, 0.25) is 0 Å². The lowest BCUT2D eigenvalue weighted by atomic mass is 10.1. The Morgan fingerprint density at radius 3 is 2.73 bits per heavy atom. The van der Waals surface area contributed by atoms with Crippen molar-refractivity contribution in [1.82, 2.24) is 0 Å². The van der Waals surface area contributed by atoms with Crippen LogP contribution in [0, 0.1) is 24.1 Å². The molecule has 0 aliphatic heterocycles. The van der Waals surface area contributed by atoms with Crippen LogP contribution in [-0.2, 0) is 0 Å². The van der Waals surface area contributed by atoms with Gasteiger partial charge >= 0.3 is 0 Å². The number of hydrogen-bond donors (Lipinski definition) is 0. The van der Waals surface area contributed by atoms with Gasteiger partial charge in [0.05, 0.1) is 5.56 Å². The smallest absolute Gasteiger partial charge is 0.141 e. The normalized spacial score (nSPS) is 9.27. The van der Waals surface area contributed by atoms with E-state index in [-0.39, 0.29) is 5.56 Å². The summed E-state index contributed by atoms with van der Waals surface area (Å²) in [7, 11) is 0. The van der Waals surface area contributed by atoms with Crippen LogP contribution in [0.4, 0.5) is 4.39 Å². The van der Waals surface area contributed by atoms with E-state index in [9.17, 15) is 4.39 Å². The average molecular weight is 170 g/mol. The molecule has 0 saturated heterocycles. The molecule has 0 atom stereocenters. The van der Waals surface area contributed by atoms with Crippen LogP contribution in [-0.4, -0.2) is 0 Å². The van der Waals surface area contributed by atoms with Crippen molar-refractivity contribution < 1.29 is 4.39 Å². The Hall–Kier alpha value is -1.07. The fourth-order valence-corrected chi connectivity index (χ4v) is 0.896. The number of nitrogens with zero attached hydrogens (tertiary/aromatic N) is 1. The maximum Gasteiger partial charge on any atom is 0.141 e. The highest BCUT2D eigenvalue weighted by atomic mass is 35.5. The zero-order valence-electron chi connectivity index (χ0n) is 5.86. The highest BCUT2D eigenvalue weighted by molar-refractivity contribution is 6.31. The van der Waals surface area contributed by atoms with E-state index in [4.69, 9.17) is 16.9 Å². The van der Waals surface area contributed by atoms with Crippen LogP contribution in [0.25, 0.3) is 0 Å². The fraction of sp³-hybridized carbons (Fsp3) is 0.125. The van der Waals surface area contributed by atoms with Gasteiger partial charge in [-0.2, -0.15) is 5.26 Å².